The molecule has 0 aliphatic rings. The molecule has 0 radical (unpaired) electrons. The van der Waals surface area contributed by atoms with Crippen molar-refractivity contribution in [2.24, 2.45) is 0 Å². The Kier molecular flexibility index (Phi) is 6.58. The van der Waals surface area contributed by atoms with E-state index < -0.39 is 12.8 Å². The molecule has 1 rings (SSSR count). The smallest absolute Gasteiger partial charge is 0.393 e. The van der Waals surface area contributed by atoms with E-state index >= 15 is 0 Å². The number of rotatable bonds is 7. The summed E-state index contributed by atoms with van der Waals surface area (Å²) in [6, 6.07) is 6.58. The van der Waals surface area contributed by atoms with Crippen LogP contribution >= 0.6 is 18.2 Å². The SMILES string of the molecule is CCOP(=O)(OCC)Sc1ccc(C(=O)OC)cc1. The number of carbonyl (C=O) groups excluding carboxylic acids is 1. The highest BCUT2D eigenvalue weighted by molar-refractivity contribution is 8.55. The van der Waals surface area contributed by atoms with E-state index in [1.165, 1.54) is 7.11 Å². The molecule has 19 heavy (non-hydrogen) atoms. The second kappa shape index (κ2) is 7.70. The molecule has 0 spiro atoms. The molecule has 1 aromatic carbocycles. The van der Waals surface area contributed by atoms with E-state index in [4.69, 9.17) is 9.05 Å². The van der Waals surface area contributed by atoms with Gasteiger partial charge in [0, 0.05) is 4.90 Å². The fraction of sp³-hybridized carbons (Fsp3) is 0.417. The summed E-state index contributed by atoms with van der Waals surface area (Å²) in [6.07, 6.45) is 0. The fourth-order valence-corrected chi connectivity index (χ4v) is 4.72. The lowest BCUT2D eigenvalue weighted by Gasteiger charge is -2.15. The van der Waals surface area contributed by atoms with Crippen LogP contribution in [0.1, 0.15) is 24.2 Å². The minimum Gasteiger partial charge on any atom is -0.465 e. The lowest BCUT2D eigenvalue weighted by molar-refractivity contribution is 0.0600. The Hall–Kier alpha value is -0.810. The zero-order chi connectivity index (χ0) is 14.3. The zero-order valence-electron chi connectivity index (χ0n) is 11.1. The number of benzene rings is 1. The molecule has 0 N–H and O–H groups in total. The number of carbonyl (C=O) groups is 1. The van der Waals surface area contributed by atoms with Gasteiger partial charge in [0.05, 0.1) is 25.9 Å². The summed E-state index contributed by atoms with van der Waals surface area (Å²) in [5.41, 5.74) is 0.439. The molecule has 0 saturated heterocycles. The molecule has 5 nitrogen and oxygen atoms in total. The largest absolute Gasteiger partial charge is 0.465 e. The van der Waals surface area contributed by atoms with Crippen molar-refractivity contribution in [1.82, 2.24) is 0 Å². The molecule has 0 fully saturated rings. The first-order chi connectivity index (χ1) is 9.04. The summed E-state index contributed by atoms with van der Waals surface area (Å²) in [4.78, 5) is 12.0. The Labute approximate surface area is 116 Å². The van der Waals surface area contributed by atoms with Crippen LogP contribution in [-0.4, -0.2) is 26.3 Å². The average Bonchev–Trinajstić information content (AvgIpc) is 2.39. The van der Waals surface area contributed by atoms with Crippen molar-refractivity contribution in [3.63, 3.8) is 0 Å². The van der Waals surface area contributed by atoms with Crippen molar-refractivity contribution >= 4 is 24.1 Å². The van der Waals surface area contributed by atoms with Crippen LogP contribution in [0.5, 0.6) is 0 Å². The third-order valence-electron chi connectivity index (χ3n) is 2.07. The Morgan fingerprint density at radius 1 is 1.16 bits per heavy atom. The Bertz CT molecular complexity index is 450. The molecule has 0 unspecified atom stereocenters. The molecule has 0 atom stereocenters. The van der Waals surface area contributed by atoms with Crippen molar-refractivity contribution in [3.8, 4) is 0 Å². The van der Waals surface area contributed by atoms with Crippen LogP contribution in [0.4, 0.5) is 0 Å². The number of methoxy groups -OCH3 is 1. The molecule has 0 bridgehead atoms. The summed E-state index contributed by atoms with van der Waals surface area (Å²) in [5.74, 6) is -0.408. The zero-order valence-corrected chi connectivity index (χ0v) is 12.8. The van der Waals surface area contributed by atoms with E-state index in [1.54, 1.807) is 38.1 Å². The van der Waals surface area contributed by atoms with Gasteiger partial charge < -0.3 is 13.8 Å². The van der Waals surface area contributed by atoms with Crippen molar-refractivity contribution < 1.29 is 23.1 Å². The van der Waals surface area contributed by atoms with Gasteiger partial charge >= 0.3 is 12.8 Å². The molecule has 106 valence electrons. The van der Waals surface area contributed by atoms with Crippen LogP contribution in [0.3, 0.4) is 0 Å². The molecule has 0 aliphatic carbocycles. The molecule has 0 aromatic heterocycles. The summed E-state index contributed by atoms with van der Waals surface area (Å²) in [7, 11) is 1.32. The Morgan fingerprint density at radius 3 is 2.11 bits per heavy atom. The lowest BCUT2D eigenvalue weighted by Crippen LogP contribution is -2.00. The highest BCUT2D eigenvalue weighted by atomic mass is 32.7. The van der Waals surface area contributed by atoms with Gasteiger partial charge in [0.15, 0.2) is 0 Å². The van der Waals surface area contributed by atoms with Crippen molar-refractivity contribution in [1.29, 1.82) is 0 Å². The highest BCUT2D eigenvalue weighted by Crippen LogP contribution is 2.63. The highest BCUT2D eigenvalue weighted by Gasteiger charge is 2.25. The quantitative estimate of drug-likeness (QED) is 0.565. The first kappa shape index (κ1) is 16.2. The summed E-state index contributed by atoms with van der Waals surface area (Å²) in [5, 5.41) is 0. The van der Waals surface area contributed by atoms with Crippen LogP contribution in [0.2, 0.25) is 0 Å². The number of ether oxygens (including phenoxy) is 1. The normalized spacial score (nSPS) is 11.3. The van der Waals surface area contributed by atoms with Crippen molar-refractivity contribution in [3.05, 3.63) is 29.8 Å². The topological polar surface area (TPSA) is 61.8 Å². The Balaban J connectivity index is 2.80. The molecular formula is C12H17O5PS. The third-order valence-corrected chi connectivity index (χ3v) is 5.86. The average molecular weight is 304 g/mol. The van der Waals surface area contributed by atoms with Gasteiger partial charge in [-0.15, -0.1) is 0 Å². The van der Waals surface area contributed by atoms with E-state index in [0.717, 1.165) is 11.4 Å². The van der Waals surface area contributed by atoms with Gasteiger partial charge in [-0.3, -0.25) is 0 Å². The van der Waals surface area contributed by atoms with E-state index in [-0.39, 0.29) is 0 Å². The van der Waals surface area contributed by atoms with Crippen molar-refractivity contribution in [2.75, 3.05) is 20.3 Å². The van der Waals surface area contributed by atoms with Gasteiger partial charge in [-0.25, -0.2) is 9.36 Å². The van der Waals surface area contributed by atoms with E-state index in [1.807, 2.05) is 0 Å². The molecule has 7 heteroatoms. The molecule has 0 amide bonds. The van der Waals surface area contributed by atoms with Crippen LogP contribution in [0.15, 0.2) is 29.2 Å². The van der Waals surface area contributed by atoms with Gasteiger partial charge in [0.1, 0.15) is 0 Å². The molecule has 0 aliphatic heterocycles. The maximum atomic E-state index is 12.3. The number of hydrogen-bond acceptors (Lipinski definition) is 6. The number of esters is 1. The van der Waals surface area contributed by atoms with Gasteiger partial charge in [-0.1, -0.05) is 0 Å². The van der Waals surface area contributed by atoms with Crippen molar-refractivity contribution in [2.45, 2.75) is 18.7 Å². The van der Waals surface area contributed by atoms with Crippen LogP contribution in [0, 0.1) is 0 Å². The van der Waals surface area contributed by atoms with Crippen LogP contribution in [0.25, 0.3) is 0 Å². The predicted molar refractivity (Wildman–Crippen MR) is 74.5 cm³/mol. The summed E-state index contributed by atoms with van der Waals surface area (Å²) < 4.78 is 27.2. The van der Waals surface area contributed by atoms with E-state index in [9.17, 15) is 9.36 Å². The summed E-state index contributed by atoms with van der Waals surface area (Å²) >= 11 is 1.03. The van der Waals surface area contributed by atoms with Gasteiger partial charge in [-0.2, -0.15) is 0 Å². The summed E-state index contributed by atoms with van der Waals surface area (Å²) in [6.45, 7) is 0.947. The van der Waals surface area contributed by atoms with Gasteiger partial charge in [0.25, 0.3) is 0 Å². The number of hydrogen-bond donors (Lipinski definition) is 0. The minimum atomic E-state index is -3.19. The predicted octanol–water partition coefficient (Wildman–Crippen LogP) is 3.75. The monoisotopic (exact) mass is 304 g/mol. The van der Waals surface area contributed by atoms with Gasteiger partial charge in [-0.05, 0) is 49.5 Å². The Morgan fingerprint density at radius 2 is 1.68 bits per heavy atom. The molecular weight excluding hydrogens is 287 g/mol. The molecule has 0 heterocycles. The first-order valence-electron chi connectivity index (χ1n) is 5.81. The van der Waals surface area contributed by atoms with Gasteiger partial charge in [0.2, 0.25) is 0 Å². The van der Waals surface area contributed by atoms with E-state index in [0.29, 0.717) is 23.7 Å². The third kappa shape index (κ3) is 4.99. The molecule has 1 aromatic rings. The first-order valence-corrected chi connectivity index (χ1v) is 8.78. The fourth-order valence-electron chi connectivity index (χ4n) is 1.31. The maximum Gasteiger partial charge on any atom is 0.393 e. The molecule has 0 saturated carbocycles. The van der Waals surface area contributed by atoms with E-state index in [2.05, 4.69) is 4.74 Å². The van der Waals surface area contributed by atoms with Crippen LogP contribution < -0.4 is 0 Å². The minimum absolute atomic E-state index is 0.310. The second-order valence-corrected chi connectivity index (χ2v) is 7.34. The second-order valence-electron chi connectivity index (χ2n) is 3.39. The van der Waals surface area contributed by atoms with Crippen LogP contribution in [-0.2, 0) is 18.3 Å². The maximum absolute atomic E-state index is 12.3. The standard InChI is InChI=1S/C12H17O5PS/c1-4-16-18(14,17-5-2)19-11-8-6-10(7-9-11)12(13)15-3/h6-9H,4-5H2,1-3H3. The lowest BCUT2D eigenvalue weighted by atomic mass is 10.2.